The van der Waals surface area contributed by atoms with Crippen molar-refractivity contribution in [3.8, 4) is 23.7 Å². The molecule has 0 aromatic carbocycles. The maximum Gasteiger partial charge on any atom is 0.203 e. The third-order valence-electron chi connectivity index (χ3n) is 2.48. The zero-order valence-corrected chi connectivity index (χ0v) is 8.53. The van der Waals surface area contributed by atoms with E-state index in [1.807, 2.05) is 0 Å². The third kappa shape index (κ3) is 1.92. The highest BCUT2D eigenvalue weighted by Crippen LogP contribution is 2.26. The van der Waals surface area contributed by atoms with Gasteiger partial charge in [0.25, 0.3) is 0 Å². The quantitative estimate of drug-likeness (QED) is 0.556. The maximum atomic E-state index is 11.9. The van der Waals surface area contributed by atoms with E-state index in [1.54, 1.807) is 6.08 Å². The largest absolute Gasteiger partial charge is 0.389 e. The van der Waals surface area contributed by atoms with Crippen molar-refractivity contribution in [2.24, 2.45) is 0 Å². The molecule has 0 amide bonds. The van der Waals surface area contributed by atoms with Gasteiger partial charge in [-0.1, -0.05) is 23.7 Å². The molecule has 0 spiro atoms. The predicted octanol–water partition coefficient (Wildman–Crippen LogP) is -0.0557. The van der Waals surface area contributed by atoms with Crippen LogP contribution in [0.15, 0.2) is 23.8 Å². The second kappa shape index (κ2) is 3.98. The highest BCUT2D eigenvalue weighted by molar-refractivity contribution is 6.05. The van der Waals surface area contributed by atoms with E-state index in [9.17, 15) is 15.0 Å². The first kappa shape index (κ1) is 10.7. The van der Waals surface area contributed by atoms with E-state index in [0.717, 1.165) is 0 Å². The summed E-state index contributed by atoms with van der Waals surface area (Å²) in [6.45, 7) is 0. The molecule has 16 heavy (non-hydrogen) atoms. The topological polar surface area (TPSA) is 57.5 Å². The molecular formula is C13H10O3. The molecule has 0 aromatic heterocycles. The molecule has 0 aromatic rings. The van der Waals surface area contributed by atoms with Crippen LogP contribution < -0.4 is 0 Å². The molecule has 3 heteroatoms. The van der Waals surface area contributed by atoms with Crippen molar-refractivity contribution in [2.45, 2.75) is 24.5 Å². The Balaban J connectivity index is 2.51. The van der Waals surface area contributed by atoms with E-state index in [1.165, 1.54) is 12.2 Å². The van der Waals surface area contributed by atoms with Gasteiger partial charge in [-0.05, 0) is 18.2 Å². The van der Waals surface area contributed by atoms with Gasteiger partial charge in [-0.15, -0.1) is 0 Å². The van der Waals surface area contributed by atoms with Crippen molar-refractivity contribution in [3.63, 3.8) is 0 Å². The Labute approximate surface area is 93.5 Å². The van der Waals surface area contributed by atoms with E-state index >= 15 is 0 Å². The van der Waals surface area contributed by atoms with Gasteiger partial charge in [0.15, 0.2) is 5.60 Å². The molecule has 0 radical (unpaired) electrons. The highest BCUT2D eigenvalue weighted by atomic mass is 16.3. The minimum absolute atomic E-state index is 0.0798. The lowest BCUT2D eigenvalue weighted by atomic mass is 9.81. The number of rotatable bonds is 0. The highest BCUT2D eigenvalue weighted by Gasteiger charge is 2.41. The molecule has 2 unspecified atom stereocenters. The number of carbonyl (C=O) groups excluding carboxylic acids is 1. The molecule has 0 heterocycles. The minimum atomic E-state index is -1.77. The van der Waals surface area contributed by atoms with Gasteiger partial charge in [0, 0.05) is 18.4 Å². The first-order valence-corrected chi connectivity index (χ1v) is 4.94. The van der Waals surface area contributed by atoms with Crippen LogP contribution in [0.3, 0.4) is 0 Å². The number of fused-ring (bicyclic) bond motifs is 2. The van der Waals surface area contributed by atoms with Crippen molar-refractivity contribution in [2.75, 3.05) is 0 Å². The number of hydrogen-bond donors (Lipinski definition) is 2. The first-order valence-electron chi connectivity index (χ1n) is 4.94. The Morgan fingerprint density at radius 3 is 2.94 bits per heavy atom. The first-order chi connectivity index (χ1) is 7.62. The number of ketones is 1. The summed E-state index contributed by atoms with van der Waals surface area (Å²) < 4.78 is 0. The van der Waals surface area contributed by atoms with Crippen LogP contribution in [0.5, 0.6) is 0 Å². The van der Waals surface area contributed by atoms with Gasteiger partial charge in [0.05, 0.1) is 6.10 Å². The standard InChI is InChI=1S/C13H10O3/c14-11-8-10-6-4-2-1-3-5-7-13(16,9-11)12(10)15/h1,3,8,11,14,16H,6,9H2/b3-1-. The number of hydrogen-bond acceptors (Lipinski definition) is 3. The van der Waals surface area contributed by atoms with Crippen molar-refractivity contribution >= 4 is 5.78 Å². The summed E-state index contributed by atoms with van der Waals surface area (Å²) in [5, 5.41) is 19.6. The molecule has 0 saturated carbocycles. The Morgan fingerprint density at radius 2 is 2.12 bits per heavy atom. The van der Waals surface area contributed by atoms with Crippen molar-refractivity contribution in [1.29, 1.82) is 0 Å². The number of carbonyl (C=O) groups is 1. The molecule has 2 atom stereocenters. The van der Waals surface area contributed by atoms with E-state index in [2.05, 4.69) is 23.7 Å². The molecule has 0 aliphatic heterocycles. The van der Waals surface area contributed by atoms with E-state index in [-0.39, 0.29) is 12.8 Å². The van der Waals surface area contributed by atoms with Gasteiger partial charge in [0.1, 0.15) is 0 Å². The average molecular weight is 214 g/mol. The second-order valence-electron chi connectivity index (χ2n) is 3.75. The normalized spacial score (nSPS) is 33.8. The van der Waals surface area contributed by atoms with Crippen LogP contribution in [0.2, 0.25) is 0 Å². The Kier molecular flexibility index (Phi) is 2.66. The fourth-order valence-electron chi connectivity index (χ4n) is 1.72. The van der Waals surface area contributed by atoms with Crippen LogP contribution in [0.25, 0.3) is 0 Å². The molecule has 2 rings (SSSR count). The molecular weight excluding hydrogens is 204 g/mol. The Hall–Kier alpha value is -1.81. The zero-order valence-electron chi connectivity index (χ0n) is 8.53. The van der Waals surface area contributed by atoms with Crippen LogP contribution in [0, 0.1) is 23.7 Å². The van der Waals surface area contributed by atoms with Gasteiger partial charge in [-0.25, -0.2) is 0 Å². The van der Waals surface area contributed by atoms with Crippen LogP contribution in [-0.2, 0) is 4.79 Å². The SMILES string of the molecule is O=C1C2=CC(O)CC1(O)C#C/C=C\C#CC2. The lowest BCUT2D eigenvalue weighted by Gasteiger charge is -2.28. The summed E-state index contributed by atoms with van der Waals surface area (Å²) in [6, 6.07) is 0. The van der Waals surface area contributed by atoms with E-state index in [0.29, 0.717) is 5.57 Å². The van der Waals surface area contributed by atoms with Gasteiger partial charge in [-0.3, -0.25) is 4.79 Å². The summed E-state index contributed by atoms with van der Waals surface area (Å²) in [6.07, 6.45) is 3.79. The van der Waals surface area contributed by atoms with Crippen LogP contribution in [0.1, 0.15) is 12.8 Å². The summed E-state index contributed by atoms with van der Waals surface area (Å²) in [5.74, 6) is 10.1. The fraction of sp³-hybridized carbons (Fsp3) is 0.308. The number of aliphatic hydroxyl groups excluding tert-OH is 1. The average Bonchev–Trinajstić information content (AvgIpc) is 2.22. The molecule has 3 nitrogen and oxygen atoms in total. The smallest absolute Gasteiger partial charge is 0.203 e. The number of allylic oxidation sites excluding steroid dienone is 2. The predicted molar refractivity (Wildman–Crippen MR) is 58.0 cm³/mol. The Morgan fingerprint density at radius 1 is 1.38 bits per heavy atom. The van der Waals surface area contributed by atoms with Crippen molar-refractivity contribution < 1.29 is 15.0 Å². The van der Waals surface area contributed by atoms with E-state index in [4.69, 9.17) is 0 Å². The number of aliphatic hydroxyl groups is 2. The van der Waals surface area contributed by atoms with Crippen molar-refractivity contribution in [3.05, 3.63) is 23.8 Å². The molecule has 0 fully saturated rings. The summed E-state index contributed by atoms with van der Waals surface area (Å²) in [4.78, 5) is 11.9. The molecule has 2 bridgehead atoms. The molecule has 80 valence electrons. The molecule has 2 N–H and O–H groups in total. The van der Waals surface area contributed by atoms with Gasteiger partial charge >= 0.3 is 0 Å². The summed E-state index contributed by atoms with van der Waals surface area (Å²) in [7, 11) is 0. The zero-order chi connectivity index (χ0) is 11.6. The van der Waals surface area contributed by atoms with Gasteiger partial charge in [0.2, 0.25) is 5.78 Å². The van der Waals surface area contributed by atoms with Gasteiger partial charge < -0.3 is 10.2 Å². The molecule has 2 aliphatic carbocycles. The van der Waals surface area contributed by atoms with E-state index < -0.39 is 17.5 Å². The van der Waals surface area contributed by atoms with Crippen molar-refractivity contribution in [1.82, 2.24) is 0 Å². The monoisotopic (exact) mass is 214 g/mol. The lowest BCUT2D eigenvalue weighted by molar-refractivity contribution is -0.131. The van der Waals surface area contributed by atoms with Crippen LogP contribution >= 0.6 is 0 Å². The summed E-state index contributed by atoms with van der Waals surface area (Å²) in [5.41, 5.74) is -1.44. The second-order valence-corrected chi connectivity index (χ2v) is 3.75. The number of Topliss-reactive ketones (excluding diaryl/α,β-unsaturated/α-hetero) is 1. The van der Waals surface area contributed by atoms with Gasteiger partial charge in [-0.2, -0.15) is 0 Å². The minimum Gasteiger partial charge on any atom is -0.389 e. The maximum absolute atomic E-state index is 11.9. The van der Waals surface area contributed by atoms with Crippen LogP contribution in [-0.4, -0.2) is 27.7 Å². The van der Waals surface area contributed by atoms with Crippen LogP contribution in [0.4, 0.5) is 0 Å². The summed E-state index contributed by atoms with van der Waals surface area (Å²) >= 11 is 0. The third-order valence-corrected chi connectivity index (χ3v) is 2.48. The Bertz CT molecular complexity index is 505. The molecule has 2 aliphatic rings. The lowest BCUT2D eigenvalue weighted by Crippen LogP contribution is -2.44. The fourth-order valence-corrected chi connectivity index (χ4v) is 1.72. The molecule has 0 saturated heterocycles.